The van der Waals surface area contributed by atoms with Crippen LogP contribution in [0.4, 0.5) is 18.0 Å². The van der Waals surface area contributed by atoms with Crippen molar-refractivity contribution in [3.8, 4) is 0 Å². The molecule has 9 nitrogen and oxygen atoms in total. The largest absolute Gasteiger partial charge is 0.465 e. The molecule has 4 rings (SSSR count). The van der Waals surface area contributed by atoms with Gasteiger partial charge in [-0.25, -0.2) is 27.9 Å². The maximum atomic E-state index is 13.2. The van der Waals surface area contributed by atoms with Gasteiger partial charge in [0.1, 0.15) is 5.82 Å². The Bertz CT molecular complexity index is 1070. The van der Waals surface area contributed by atoms with Crippen LogP contribution in [0.15, 0.2) is 6.20 Å². The van der Waals surface area contributed by atoms with Crippen LogP contribution in [0.2, 0.25) is 5.02 Å². The minimum atomic E-state index is -4.67. The molecule has 2 heterocycles. The average molecular weight is 527 g/mol. The number of aromatic nitrogens is 2. The van der Waals surface area contributed by atoms with E-state index in [-0.39, 0.29) is 30.5 Å². The van der Waals surface area contributed by atoms with Gasteiger partial charge in [-0.15, -0.1) is 0 Å². The molecule has 1 aromatic rings. The second kappa shape index (κ2) is 8.75. The van der Waals surface area contributed by atoms with Crippen LogP contribution < -0.4 is 4.72 Å². The maximum absolute atomic E-state index is 13.2. The van der Waals surface area contributed by atoms with Gasteiger partial charge in [0.2, 0.25) is 10.0 Å². The van der Waals surface area contributed by atoms with Crippen molar-refractivity contribution in [1.29, 1.82) is 0 Å². The molecule has 6 atom stereocenters. The first-order valence-electron chi connectivity index (χ1n) is 10.9. The summed E-state index contributed by atoms with van der Waals surface area (Å²) >= 11 is 5.65. The number of rotatable bonds is 6. The van der Waals surface area contributed by atoms with Crippen molar-refractivity contribution in [3.05, 3.63) is 22.7 Å². The highest BCUT2D eigenvalue weighted by Crippen LogP contribution is 2.62. The number of amides is 1. The zero-order valence-electron chi connectivity index (χ0n) is 18.5. The molecule has 34 heavy (non-hydrogen) atoms. The molecule has 2 saturated carbocycles. The zero-order valence-corrected chi connectivity index (χ0v) is 20.1. The van der Waals surface area contributed by atoms with Gasteiger partial charge in [0.15, 0.2) is 5.69 Å². The summed E-state index contributed by atoms with van der Waals surface area (Å²) in [6.07, 6.45) is -1.38. The molecule has 3 fully saturated rings. The fourth-order valence-corrected chi connectivity index (χ4v) is 6.52. The lowest BCUT2D eigenvalue weighted by Crippen LogP contribution is -2.50. The summed E-state index contributed by atoms with van der Waals surface area (Å²) in [7, 11) is -3.54. The van der Waals surface area contributed by atoms with Gasteiger partial charge in [-0.2, -0.15) is 13.2 Å². The van der Waals surface area contributed by atoms with Gasteiger partial charge in [-0.1, -0.05) is 11.6 Å². The summed E-state index contributed by atoms with van der Waals surface area (Å²) in [6, 6.07) is -1.66. The highest BCUT2D eigenvalue weighted by molar-refractivity contribution is 7.88. The standard InChI is InChI=1S/C20H26ClF3N4O5S/c1-10-5-14(27-34(2,31)32)15(28(10)18(29)30)9-33-12-3-4-19(7-11(19)6-12)17-25-8-13(21)16(26-17)20(22,23)24/h8,10-12,14-15,27H,3-7,9H2,1-2H3,(H,29,30)/t10-,11?,12?,14+,15+,19?/m1/s1. The Morgan fingerprint density at radius 3 is 2.71 bits per heavy atom. The van der Waals surface area contributed by atoms with Crippen molar-refractivity contribution in [2.24, 2.45) is 5.92 Å². The Labute approximate surface area is 200 Å². The molecule has 2 aliphatic carbocycles. The van der Waals surface area contributed by atoms with Crippen molar-refractivity contribution in [2.75, 3.05) is 12.9 Å². The number of hydrogen-bond acceptors (Lipinski definition) is 6. The normalized spacial score (nSPS) is 33.6. The Kier molecular flexibility index (Phi) is 6.54. The number of carbonyl (C=O) groups is 1. The molecule has 3 aliphatic rings. The van der Waals surface area contributed by atoms with Crippen LogP contribution >= 0.6 is 11.6 Å². The lowest BCUT2D eigenvalue weighted by molar-refractivity contribution is -0.141. The molecule has 0 bridgehead atoms. The van der Waals surface area contributed by atoms with Crippen molar-refractivity contribution in [1.82, 2.24) is 19.6 Å². The summed E-state index contributed by atoms with van der Waals surface area (Å²) < 4.78 is 71.7. The quantitative estimate of drug-likeness (QED) is 0.584. The Morgan fingerprint density at radius 2 is 2.12 bits per heavy atom. The van der Waals surface area contributed by atoms with Crippen LogP contribution in [0.1, 0.15) is 50.5 Å². The highest BCUT2D eigenvalue weighted by atomic mass is 35.5. The predicted molar refractivity (Wildman–Crippen MR) is 115 cm³/mol. The number of nitrogens with zero attached hydrogens (tertiary/aromatic N) is 3. The smallest absolute Gasteiger partial charge is 0.434 e. The minimum absolute atomic E-state index is 0.0177. The van der Waals surface area contributed by atoms with Crippen molar-refractivity contribution in [2.45, 2.75) is 74.8 Å². The molecular formula is C20H26ClF3N4O5S. The molecule has 0 radical (unpaired) electrons. The number of likely N-dealkylation sites (tertiary alicyclic amines) is 1. The first kappa shape index (κ1) is 25.4. The number of ether oxygens (including phenoxy) is 1. The summed E-state index contributed by atoms with van der Waals surface area (Å²) in [6.45, 7) is 1.73. The number of nitrogens with one attached hydrogen (secondary N) is 1. The van der Waals surface area contributed by atoms with Gasteiger partial charge >= 0.3 is 12.3 Å². The van der Waals surface area contributed by atoms with Crippen LogP contribution in [0, 0.1) is 5.92 Å². The molecule has 14 heteroatoms. The third kappa shape index (κ3) is 4.98. The second-order valence-electron chi connectivity index (χ2n) is 9.51. The van der Waals surface area contributed by atoms with E-state index in [9.17, 15) is 31.5 Å². The molecule has 1 saturated heterocycles. The van der Waals surface area contributed by atoms with Gasteiger partial charge in [0.25, 0.3) is 0 Å². The summed E-state index contributed by atoms with van der Waals surface area (Å²) in [5, 5.41) is 9.07. The molecule has 3 unspecified atom stereocenters. The summed E-state index contributed by atoms with van der Waals surface area (Å²) in [5.41, 5.74) is -1.66. The van der Waals surface area contributed by atoms with Crippen molar-refractivity contribution < 1.29 is 36.2 Å². The SMILES string of the molecule is C[C@@H]1C[C@H](NS(C)(=O)=O)[C@H](COC2CCC3(c4ncc(Cl)c(C(F)(F)F)n4)CC3C2)N1C(=O)O. The first-order valence-corrected chi connectivity index (χ1v) is 13.2. The number of carboxylic acid groups (broad SMARTS) is 1. The van der Waals surface area contributed by atoms with E-state index in [4.69, 9.17) is 16.3 Å². The van der Waals surface area contributed by atoms with Crippen LogP contribution in [-0.2, 0) is 26.4 Å². The molecule has 2 N–H and O–H groups in total. The van der Waals surface area contributed by atoms with Gasteiger partial charge in [0, 0.05) is 23.7 Å². The predicted octanol–water partition coefficient (Wildman–Crippen LogP) is 3.03. The second-order valence-corrected chi connectivity index (χ2v) is 11.7. The molecular weight excluding hydrogens is 501 g/mol. The molecule has 190 valence electrons. The van der Waals surface area contributed by atoms with Gasteiger partial charge in [0.05, 0.1) is 30.0 Å². The van der Waals surface area contributed by atoms with Crippen LogP contribution in [-0.4, -0.2) is 71.6 Å². The fraction of sp³-hybridized carbons (Fsp3) is 0.750. The van der Waals surface area contributed by atoms with E-state index in [0.29, 0.717) is 32.1 Å². The Balaban J connectivity index is 1.41. The summed E-state index contributed by atoms with van der Waals surface area (Å²) in [4.78, 5) is 20.8. The lowest BCUT2D eigenvalue weighted by Gasteiger charge is -2.32. The van der Waals surface area contributed by atoms with Gasteiger partial charge < -0.3 is 9.84 Å². The average Bonchev–Trinajstić information content (AvgIpc) is 3.35. The fourth-order valence-electron chi connectivity index (χ4n) is 5.51. The number of hydrogen-bond donors (Lipinski definition) is 2. The number of fused-ring (bicyclic) bond motifs is 1. The van der Waals surface area contributed by atoms with Gasteiger partial charge in [-0.05, 0) is 44.9 Å². The van der Waals surface area contributed by atoms with Crippen LogP contribution in [0.3, 0.4) is 0 Å². The zero-order chi connectivity index (χ0) is 25.1. The summed E-state index contributed by atoms with van der Waals surface area (Å²) in [5.74, 6) is 0.197. The number of alkyl halides is 3. The molecule has 0 aromatic carbocycles. The third-order valence-corrected chi connectivity index (χ3v) is 8.14. The van der Waals surface area contributed by atoms with E-state index >= 15 is 0 Å². The first-order chi connectivity index (χ1) is 15.7. The minimum Gasteiger partial charge on any atom is -0.465 e. The Hall–Kier alpha value is -1.70. The van der Waals surface area contributed by atoms with Crippen LogP contribution in [0.5, 0.6) is 0 Å². The van der Waals surface area contributed by atoms with Crippen molar-refractivity contribution >= 4 is 27.7 Å². The molecule has 1 aliphatic heterocycles. The van der Waals surface area contributed by atoms with E-state index in [1.54, 1.807) is 6.92 Å². The molecule has 0 spiro atoms. The van der Waals surface area contributed by atoms with E-state index in [1.807, 2.05) is 0 Å². The van der Waals surface area contributed by atoms with Gasteiger partial charge in [-0.3, -0.25) is 4.90 Å². The molecule has 1 amide bonds. The Morgan fingerprint density at radius 1 is 1.41 bits per heavy atom. The topological polar surface area (TPSA) is 122 Å². The number of sulfonamides is 1. The molecule has 1 aromatic heterocycles. The number of halogens is 4. The third-order valence-electron chi connectivity index (χ3n) is 7.13. The maximum Gasteiger partial charge on any atom is 0.434 e. The van der Waals surface area contributed by atoms with E-state index in [1.165, 1.54) is 4.90 Å². The van der Waals surface area contributed by atoms with E-state index < -0.39 is 50.5 Å². The van der Waals surface area contributed by atoms with Crippen molar-refractivity contribution in [3.63, 3.8) is 0 Å². The highest BCUT2D eigenvalue weighted by Gasteiger charge is 2.60. The van der Waals surface area contributed by atoms with E-state index in [0.717, 1.165) is 12.5 Å². The monoisotopic (exact) mass is 526 g/mol. The van der Waals surface area contributed by atoms with E-state index in [2.05, 4.69) is 14.7 Å². The lowest BCUT2D eigenvalue weighted by atomic mass is 9.86. The van der Waals surface area contributed by atoms with Crippen LogP contribution in [0.25, 0.3) is 0 Å².